The molecule has 0 bridgehead atoms. The lowest BCUT2D eigenvalue weighted by Gasteiger charge is -2.09. The molecule has 1 aromatic carbocycles. The molecule has 1 N–H and O–H groups in total. The average molecular weight is 302 g/mol. The van der Waals surface area contributed by atoms with Crippen LogP contribution in [0.4, 0.5) is 0 Å². The van der Waals surface area contributed by atoms with Crippen LogP contribution in [-0.4, -0.2) is 12.1 Å². The molecular formula is C16H18N2O2S. The minimum absolute atomic E-state index is 0.115. The summed E-state index contributed by atoms with van der Waals surface area (Å²) in [4.78, 5) is 4.45. The zero-order valence-electron chi connectivity index (χ0n) is 12.3. The van der Waals surface area contributed by atoms with Gasteiger partial charge in [0.25, 0.3) is 0 Å². The number of fused-ring (bicyclic) bond motifs is 1. The zero-order valence-corrected chi connectivity index (χ0v) is 13.2. The number of rotatable bonds is 5. The number of ether oxygens (including phenoxy) is 1. The summed E-state index contributed by atoms with van der Waals surface area (Å²) in [5, 5.41) is 7.67. The molecule has 3 rings (SSSR count). The third-order valence-corrected chi connectivity index (χ3v) is 4.25. The number of methoxy groups -OCH3 is 1. The second kappa shape index (κ2) is 5.87. The van der Waals surface area contributed by atoms with Crippen LogP contribution < -0.4 is 10.1 Å². The summed E-state index contributed by atoms with van der Waals surface area (Å²) in [6.45, 7) is 4.84. The van der Waals surface area contributed by atoms with E-state index in [1.165, 1.54) is 0 Å². The van der Waals surface area contributed by atoms with E-state index in [2.05, 4.69) is 28.7 Å². The summed E-state index contributed by atoms with van der Waals surface area (Å²) in [6, 6.07) is 8.08. The number of nitrogens with zero attached hydrogens (tertiary/aromatic N) is 1. The highest BCUT2D eigenvalue weighted by Gasteiger charge is 2.14. The van der Waals surface area contributed by atoms with E-state index in [1.54, 1.807) is 18.4 Å². The Morgan fingerprint density at radius 1 is 1.43 bits per heavy atom. The smallest absolute Gasteiger partial charge is 0.176 e. The van der Waals surface area contributed by atoms with Gasteiger partial charge < -0.3 is 14.5 Å². The molecule has 0 spiro atoms. The number of aryl methyl sites for hydroxylation is 1. The van der Waals surface area contributed by atoms with Crippen molar-refractivity contribution in [3.8, 4) is 5.75 Å². The molecule has 0 aliphatic heterocycles. The Balaban J connectivity index is 1.76. The first kappa shape index (κ1) is 14.1. The summed E-state index contributed by atoms with van der Waals surface area (Å²) in [6.07, 6.45) is 0. The van der Waals surface area contributed by atoms with Crippen molar-refractivity contribution < 1.29 is 9.15 Å². The molecule has 0 radical (unpaired) electrons. The molecule has 0 aliphatic rings. The standard InChI is InChI=1S/C16H18N2O2S/c1-10(17-8-13-9-21-11(2)18-13)15-7-12-5-4-6-14(19-3)16(12)20-15/h4-7,9-10,17H,8H2,1-3H3. The van der Waals surface area contributed by atoms with Crippen molar-refractivity contribution in [1.82, 2.24) is 10.3 Å². The molecule has 1 unspecified atom stereocenters. The van der Waals surface area contributed by atoms with Crippen LogP contribution in [0.1, 0.15) is 29.4 Å². The Labute approximate surface area is 127 Å². The van der Waals surface area contributed by atoms with E-state index >= 15 is 0 Å². The topological polar surface area (TPSA) is 47.3 Å². The predicted octanol–water partition coefficient (Wildman–Crippen LogP) is 4.06. The van der Waals surface area contributed by atoms with E-state index in [0.29, 0.717) is 0 Å². The van der Waals surface area contributed by atoms with E-state index in [1.807, 2.05) is 25.1 Å². The Bertz CT molecular complexity index is 748. The quantitative estimate of drug-likeness (QED) is 0.772. The number of aromatic nitrogens is 1. The Morgan fingerprint density at radius 2 is 2.29 bits per heavy atom. The summed E-state index contributed by atoms with van der Waals surface area (Å²) in [5.74, 6) is 1.67. The van der Waals surface area contributed by atoms with Crippen LogP contribution in [0.25, 0.3) is 11.0 Å². The van der Waals surface area contributed by atoms with E-state index < -0.39 is 0 Å². The first-order valence-electron chi connectivity index (χ1n) is 6.88. The highest BCUT2D eigenvalue weighted by atomic mass is 32.1. The number of hydrogen-bond donors (Lipinski definition) is 1. The molecule has 2 aromatic heterocycles. The molecule has 1 atom stereocenters. The van der Waals surface area contributed by atoms with Crippen LogP contribution >= 0.6 is 11.3 Å². The monoisotopic (exact) mass is 302 g/mol. The van der Waals surface area contributed by atoms with Crippen molar-refractivity contribution >= 4 is 22.3 Å². The van der Waals surface area contributed by atoms with Crippen molar-refractivity contribution in [1.29, 1.82) is 0 Å². The second-order valence-corrected chi connectivity index (χ2v) is 6.05. The predicted molar refractivity (Wildman–Crippen MR) is 84.9 cm³/mol. The minimum Gasteiger partial charge on any atom is -0.493 e. The maximum atomic E-state index is 5.94. The van der Waals surface area contributed by atoms with Crippen molar-refractivity contribution in [2.45, 2.75) is 26.4 Å². The lowest BCUT2D eigenvalue weighted by molar-refractivity contribution is 0.399. The van der Waals surface area contributed by atoms with Gasteiger partial charge >= 0.3 is 0 Å². The number of furan rings is 1. The average Bonchev–Trinajstić information content (AvgIpc) is 3.10. The van der Waals surface area contributed by atoms with E-state index in [9.17, 15) is 0 Å². The van der Waals surface area contributed by atoms with Crippen LogP contribution in [0.2, 0.25) is 0 Å². The van der Waals surface area contributed by atoms with Gasteiger partial charge in [-0.3, -0.25) is 0 Å². The SMILES string of the molecule is COc1cccc2cc(C(C)NCc3csc(C)n3)oc12. The van der Waals surface area contributed by atoms with Gasteiger partial charge in [0, 0.05) is 17.3 Å². The molecule has 0 fully saturated rings. The van der Waals surface area contributed by atoms with Gasteiger partial charge in [0.15, 0.2) is 11.3 Å². The fraction of sp³-hybridized carbons (Fsp3) is 0.312. The van der Waals surface area contributed by atoms with Crippen molar-refractivity contribution in [3.05, 3.63) is 46.1 Å². The van der Waals surface area contributed by atoms with Gasteiger partial charge in [0.05, 0.1) is 23.9 Å². The molecule has 110 valence electrons. The highest BCUT2D eigenvalue weighted by Crippen LogP contribution is 2.30. The highest BCUT2D eigenvalue weighted by molar-refractivity contribution is 7.09. The largest absolute Gasteiger partial charge is 0.493 e. The number of benzene rings is 1. The van der Waals surface area contributed by atoms with Crippen LogP contribution in [0.3, 0.4) is 0 Å². The van der Waals surface area contributed by atoms with Gasteiger partial charge in [-0.1, -0.05) is 12.1 Å². The number of hydrogen-bond acceptors (Lipinski definition) is 5. The number of thiazole rings is 1. The lowest BCUT2D eigenvalue weighted by atomic mass is 10.2. The first-order chi connectivity index (χ1) is 10.2. The molecule has 0 amide bonds. The zero-order chi connectivity index (χ0) is 14.8. The minimum atomic E-state index is 0.115. The Kier molecular flexibility index (Phi) is 3.94. The van der Waals surface area contributed by atoms with Gasteiger partial charge in [-0.2, -0.15) is 0 Å². The third kappa shape index (κ3) is 2.94. The molecule has 0 saturated heterocycles. The summed E-state index contributed by atoms with van der Waals surface area (Å²) >= 11 is 1.67. The van der Waals surface area contributed by atoms with Gasteiger partial charge in [-0.25, -0.2) is 4.98 Å². The maximum absolute atomic E-state index is 5.94. The van der Waals surface area contributed by atoms with Crippen molar-refractivity contribution in [3.63, 3.8) is 0 Å². The van der Waals surface area contributed by atoms with Crippen molar-refractivity contribution in [2.75, 3.05) is 7.11 Å². The first-order valence-corrected chi connectivity index (χ1v) is 7.76. The van der Waals surface area contributed by atoms with Crippen LogP contribution in [0, 0.1) is 6.92 Å². The normalized spacial score (nSPS) is 12.7. The van der Waals surface area contributed by atoms with Crippen LogP contribution in [-0.2, 0) is 6.54 Å². The Morgan fingerprint density at radius 3 is 3.00 bits per heavy atom. The third-order valence-electron chi connectivity index (χ3n) is 3.43. The molecule has 21 heavy (non-hydrogen) atoms. The van der Waals surface area contributed by atoms with Crippen molar-refractivity contribution in [2.24, 2.45) is 0 Å². The fourth-order valence-electron chi connectivity index (χ4n) is 2.28. The van der Waals surface area contributed by atoms with Gasteiger partial charge in [-0.15, -0.1) is 11.3 Å². The van der Waals surface area contributed by atoms with Gasteiger partial charge in [-0.05, 0) is 26.0 Å². The number of nitrogens with one attached hydrogen (secondary N) is 1. The summed E-state index contributed by atoms with van der Waals surface area (Å²) < 4.78 is 11.3. The molecular weight excluding hydrogens is 284 g/mol. The number of para-hydroxylation sites is 1. The van der Waals surface area contributed by atoms with E-state index in [4.69, 9.17) is 9.15 Å². The van der Waals surface area contributed by atoms with E-state index in [-0.39, 0.29) is 6.04 Å². The molecule has 2 heterocycles. The van der Waals surface area contributed by atoms with Crippen LogP contribution in [0.5, 0.6) is 5.75 Å². The molecule has 3 aromatic rings. The molecule has 0 saturated carbocycles. The van der Waals surface area contributed by atoms with Gasteiger partial charge in [0.1, 0.15) is 5.76 Å². The molecule has 5 heteroatoms. The van der Waals surface area contributed by atoms with Crippen LogP contribution in [0.15, 0.2) is 34.1 Å². The Hall–Kier alpha value is -1.85. The molecule has 0 aliphatic carbocycles. The lowest BCUT2D eigenvalue weighted by Crippen LogP contribution is -2.17. The van der Waals surface area contributed by atoms with E-state index in [0.717, 1.165) is 39.7 Å². The second-order valence-electron chi connectivity index (χ2n) is 4.99. The summed E-state index contributed by atoms with van der Waals surface area (Å²) in [5.41, 5.74) is 1.87. The summed E-state index contributed by atoms with van der Waals surface area (Å²) in [7, 11) is 1.66. The fourth-order valence-corrected chi connectivity index (χ4v) is 2.89. The molecule has 4 nitrogen and oxygen atoms in total. The van der Waals surface area contributed by atoms with Gasteiger partial charge in [0.2, 0.25) is 0 Å². The maximum Gasteiger partial charge on any atom is 0.176 e.